The largest absolute Gasteiger partial charge is 0.497 e. The molecule has 0 radical (unpaired) electrons. The van der Waals surface area contributed by atoms with E-state index in [2.05, 4.69) is 47.8 Å². The van der Waals surface area contributed by atoms with Gasteiger partial charge in [-0.2, -0.15) is 0 Å². The number of carbonyl (C=O) groups is 2. The van der Waals surface area contributed by atoms with Gasteiger partial charge in [-0.3, -0.25) is 9.59 Å². The number of benzene rings is 1. The second-order valence-electron chi connectivity index (χ2n) is 4.13. The number of amides is 2. The summed E-state index contributed by atoms with van der Waals surface area (Å²) in [5.41, 5.74) is 0.550. The highest BCUT2D eigenvalue weighted by Crippen LogP contribution is 2.35. The van der Waals surface area contributed by atoms with Crippen molar-refractivity contribution in [2.75, 3.05) is 19.2 Å². The van der Waals surface area contributed by atoms with Crippen molar-refractivity contribution in [3.05, 3.63) is 22.7 Å². The first-order valence-electron chi connectivity index (χ1n) is 5.61. The third-order valence-corrected chi connectivity index (χ3v) is 6.16. The molecule has 1 aromatic rings. The fraction of sp³-hybridized carbons (Fsp3) is 0.333. The van der Waals surface area contributed by atoms with Crippen LogP contribution in [0.5, 0.6) is 5.75 Å². The highest BCUT2D eigenvalue weighted by atomic mass is 79.9. The van der Waals surface area contributed by atoms with Crippen molar-refractivity contribution in [1.82, 2.24) is 5.01 Å². The first kappa shape index (κ1) is 15.8. The first-order valence-corrected chi connectivity index (χ1v) is 8.24. The minimum Gasteiger partial charge on any atom is -0.497 e. The number of methoxy groups -OCH3 is 1. The maximum atomic E-state index is 12.4. The van der Waals surface area contributed by atoms with Crippen LogP contribution >= 0.6 is 47.8 Å². The van der Waals surface area contributed by atoms with Gasteiger partial charge in [-0.1, -0.05) is 31.9 Å². The van der Waals surface area contributed by atoms with Gasteiger partial charge in [0.2, 0.25) is 0 Å². The van der Waals surface area contributed by atoms with E-state index in [4.69, 9.17) is 4.74 Å². The van der Waals surface area contributed by atoms with Crippen molar-refractivity contribution in [2.24, 2.45) is 0 Å². The number of alkyl halides is 2. The van der Waals surface area contributed by atoms with E-state index in [1.54, 1.807) is 32.4 Å². The summed E-state index contributed by atoms with van der Waals surface area (Å²) in [4.78, 5) is 23.4. The zero-order chi connectivity index (χ0) is 15.0. The molecule has 1 fully saturated rings. The van der Waals surface area contributed by atoms with Crippen LogP contribution in [-0.4, -0.2) is 40.6 Å². The Morgan fingerprint density at radius 2 is 1.75 bits per heavy atom. The normalized spacial score (nSPS) is 23.2. The van der Waals surface area contributed by atoms with Gasteiger partial charge in [-0.05, 0) is 28.1 Å². The van der Waals surface area contributed by atoms with Gasteiger partial charge in [0.05, 0.1) is 12.8 Å². The number of halogens is 3. The maximum Gasteiger partial charge on any atom is 0.261 e. The minimum atomic E-state index is -0.621. The van der Waals surface area contributed by atoms with Gasteiger partial charge in [0.1, 0.15) is 15.4 Å². The molecule has 1 aliphatic heterocycles. The molecule has 0 aliphatic carbocycles. The molecule has 0 bridgehead atoms. The van der Waals surface area contributed by atoms with E-state index in [1.165, 1.54) is 10.0 Å². The Kier molecular flexibility index (Phi) is 4.76. The molecule has 1 aromatic carbocycles. The van der Waals surface area contributed by atoms with Crippen LogP contribution in [0.25, 0.3) is 0 Å². The molecule has 1 saturated heterocycles. The summed E-state index contributed by atoms with van der Waals surface area (Å²) in [5.74, 6) is 0.160. The molecule has 2 atom stereocenters. The van der Waals surface area contributed by atoms with Gasteiger partial charge in [-0.25, -0.2) is 10.0 Å². The monoisotopic (exact) mass is 468 g/mol. The third-order valence-electron chi connectivity index (χ3n) is 2.94. The fourth-order valence-electron chi connectivity index (χ4n) is 1.85. The number of hydrazine groups is 1. The summed E-state index contributed by atoms with van der Waals surface area (Å²) >= 11 is 9.87. The lowest BCUT2D eigenvalue weighted by atomic mass is 10.2. The summed E-state index contributed by atoms with van der Waals surface area (Å²) in [6, 6.07) is 5.23. The van der Waals surface area contributed by atoms with Crippen molar-refractivity contribution < 1.29 is 14.3 Å². The number of anilines is 1. The topological polar surface area (TPSA) is 49.9 Å². The van der Waals surface area contributed by atoms with Crippen LogP contribution in [0.15, 0.2) is 22.7 Å². The van der Waals surface area contributed by atoms with Crippen LogP contribution in [0.1, 0.15) is 0 Å². The molecule has 0 spiro atoms. The molecule has 2 rings (SSSR count). The van der Waals surface area contributed by atoms with Gasteiger partial charge in [0, 0.05) is 17.6 Å². The van der Waals surface area contributed by atoms with Gasteiger partial charge < -0.3 is 4.74 Å². The lowest BCUT2D eigenvalue weighted by Crippen LogP contribution is -2.61. The third kappa shape index (κ3) is 2.60. The van der Waals surface area contributed by atoms with Crippen molar-refractivity contribution >= 4 is 65.3 Å². The molecule has 108 valence electrons. The van der Waals surface area contributed by atoms with Crippen LogP contribution in [0, 0.1) is 0 Å². The molecule has 0 N–H and O–H groups in total. The van der Waals surface area contributed by atoms with Gasteiger partial charge in [0.15, 0.2) is 0 Å². The molecular formula is C12H11Br3N2O3. The van der Waals surface area contributed by atoms with Crippen LogP contribution in [0.3, 0.4) is 0 Å². The van der Waals surface area contributed by atoms with E-state index in [0.717, 1.165) is 0 Å². The average Bonchev–Trinajstić information content (AvgIpc) is 2.45. The van der Waals surface area contributed by atoms with E-state index in [9.17, 15) is 9.59 Å². The number of nitrogens with zero attached hydrogens (tertiary/aromatic N) is 2. The molecule has 1 aliphatic rings. The molecule has 1 heterocycles. The van der Waals surface area contributed by atoms with E-state index >= 15 is 0 Å². The standard InChI is InChI=1S/C12H11Br3N2O3/c1-16-11(18)9(14)10(15)12(19)17(16)8-5-6(20-2)3-4-7(8)13/h3-5,9-10H,1-2H3. The Balaban J connectivity index is 2.50. The highest BCUT2D eigenvalue weighted by Gasteiger charge is 2.44. The van der Waals surface area contributed by atoms with Gasteiger partial charge in [-0.15, -0.1) is 0 Å². The van der Waals surface area contributed by atoms with E-state index in [0.29, 0.717) is 15.9 Å². The fourth-order valence-corrected chi connectivity index (χ4v) is 3.21. The second-order valence-corrected chi connectivity index (χ2v) is 6.96. The zero-order valence-corrected chi connectivity index (χ0v) is 15.4. The molecule has 2 unspecified atom stereocenters. The maximum absolute atomic E-state index is 12.4. The van der Waals surface area contributed by atoms with Crippen LogP contribution in [0.4, 0.5) is 5.69 Å². The number of rotatable bonds is 2. The molecule has 2 amide bonds. The van der Waals surface area contributed by atoms with Crippen LogP contribution < -0.4 is 9.75 Å². The molecule has 0 aromatic heterocycles. The number of hydrogen-bond acceptors (Lipinski definition) is 3. The van der Waals surface area contributed by atoms with Crippen molar-refractivity contribution in [2.45, 2.75) is 9.65 Å². The molecule has 8 heteroatoms. The number of ether oxygens (including phenoxy) is 1. The first-order chi connectivity index (χ1) is 9.38. The van der Waals surface area contributed by atoms with Crippen LogP contribution in [0.2, 0.25) is 0 Å². The second kappa shape index (κ2) is 6.03. The summed E-state index contributed by atoms with van der Waals surface area (Å²) in [6.07, 6.45) is 0. The lowest BCUT2D eigenvalue weighted by Gasteiger charge is -2.40. The van der Waals surface area contributed by atoms with E-state index in [1.807, 2.05) is 0 Å². The Morgan fingerprint density at radius 3 is 2.35 bits per heavy atom. The Hall–Kier alpha value is -0.600. The summed E-state index contributed by atoms with van der Waals surface area (Å²) in [5, 5.41) is 2.62. The number of carbonyl (C=O) groups excluding carboxylic acids is 2. The molecular weight excluding hydrogens is 460 g/mol. The highest BCUT2D eigenvalue weighted by molar-refractivity contribution is 9.12. The summed E-state index contributed by atoms with van der Waals surface area (Å²) in [7, 11) is 3.10. The van der Waals surface area contributed by atoms with Gasteiger partial charge in [0.25, 0.3) is 11.8 Å². The lowest BCUT2D eigenvalue weighted by molar-refractivity contribution is -0.139. The molecule has 5 nitrogen and oxygen atoms in total. The molecule has 20 heavy (non-hydrogen) atoms. The van der Waals surface area contributed by atoms with Crippen molar-refractivity contribution in [3.8, 4) is 5.75 Å². The quantitative estimate of drug-likeness (QED) is 0.624. The zero-order valence-electron chi connectivity index (χ0n) is 10.6. The van der Waals surface area contributed by atoms with Crippen molar-refractivity contribution in [3.63, 3.8) is 0 Å². The smallest absolute Gasteiger partial charge is 0.261 e. The Morgan fingerprint density at radius 1 is 1.15 bits per heavy atom. The minimum absolute atomic E-state index is 0.207. The Labute approximate surface area is 141 Å². The SMILES string of the molecule is COc1ccc(Br)c(N2C(=O)C(Br)C(Br)C(=O)N2C)c1. The van der Waals surface area contributed by atoms with Crippen molar-refractivity contribution in [1.29, 1.82) is 0 Å². The number of hydrogen-bond donors (Lipinski definition) is 0. The van der Waals surface area contributed by atoms with E-state index in [-0.39, 0.29) is 11.8 Å². The average molecular weight is 471 g/mol. The summed E-state index contributed by atoms with van der Waals surface area (Å²) in [6.45, 7) is 0. The molecule has 0 saturated carbocycles. The van der Waals surface area contributed by atoms with Gasteiger partial charge >= 0.3 is 0 Å². The Bertz CT molecular complexity index is 567. The van der Waals surface area contributed by atoms with E-state index < -0.39 is 9.65 Å². The van der Waals surface area contributed by atoms with Crippen LogP contribution in [-0.2, 0) is 9.59 Å². The predicted octanol–water partition coefficient (Wildman–Crippen LogP) is 2.70. The predicted molar refractivity (Wildman–Crippen MR) is 86.4 cm³/mol. The summed E-state index contributed by atoms with van der Waals surface area (Å²) < 4.78 is 5.86.